The molecule has 0 aromatic rings. The van der Waals surface area contributed by atoms with E-state index in [-0.39, 0.29) is 6.04 Å². The number of terminal acetylenes is 1. The molecule has 0 saturated carbocycles. The van der Waals surface area contributed by atoms with Crippen molar-refractivity contribution in [2.24, 2.45) is 0 Å². The number of rotatable bonds is 3. The third-order valence-corrected chi connectivity index (χ3v) is 2.02. The first-order valence-corrected chi connectivity index (χ1v) is 3.75. The lowest BCUT2D eigenvalue weighted by atomic mass is 10.00. The van der Waals surface area contributed by atoms with Gasteiger partial charge in [-0.15, -0.1) is 6.42 Å². The van der Waals surface area contributed by atoms with E-state index in [0.29, 0.717) is 6.54 Å². The van der Waals surface area contributed by atoms with Gasteiger partial charge in [-0.2, -0.15) is 0 Å². The second-order valence-corrected chi connectivity index (χ2v) is 3.45. The van der Waals surface area contributed by atoms with Gasteiger partial charge in [-0.3, -0.25) is 4.90 Å². The van der Waals surface area contributed by atoms with Gasteiger partial charge in [0, 0.05) is 6.04 Å². The van der Waals surface area contributed by atoms with Crippen LogP contribution in [0.5, 0.6) is 0 Å². The van der Waals surface area contributed by atoms with Crippen LogP contribution in [0, 0.1) is 12.3 Å². The second kappa shape index (κ2) is 3.75. The van der Waals surface area contributed by atoms with Crippen LogP contribution in [0.15, 0.2) is 0 Å². The van der Waals surface area contributed by atoms with Crippen molar-refractivity contribution < 1.29 is 5.11 Å². The monoisotopic (exact) mass is 155 g/mol. The summed E-state index contributed by atoms with van der Waals surface area (Å²) in [5.74, 6) is 2.54. The quantitative estimate of drug-likeness (QED) is 0.607. The minimum absolute atomic E-state index is 0.0820. The summed E-state index contributed by atoms with van der Waals surface area (Å²) in [6.07, 6.45) is 5.14. The number of hydrogen-bond donors (Lipinski definition) is 1. The smallest absolute Gasteiger partial charge is 0.0743 e. The first kappa shape index (κ1) is 10.5. The fourth-order valence-electron chi connectivity index (χ4n) is 0.820. The molecular weight excluding hydrogens is 138 g/mol. The number of nitrogens with zero attached hydrogens (tertiary/aromatic N) is 1. The van der Waals surface area contributed by atoms with Crippen molar-refractivity contribution in [3.63, 3.8) is 0 Å². The standard InChI is InChI=1S/C9H17NO/c1-6-7-10(5)8(2)9(3,4)11/h1,8,11H,7H2,2-5H3. The van der Waals surface area contributed by atoms with Crippen LogP contribution in [-0.2, 0) is 0 Å². The highest BCUT2D eigenvalue weighted by Gasteiger charge is 2.24. The highest BCUT2D eigenvalue weighted by molar-refractivity contribution is 4.91. The zero-order valence-electron chi connectivity index (χ0n) is 7.76. The summed E-state index contributed by atoms with van der Waals surface area (Å²) < 4.78 is 0. The molecule has 0 aromatic heterocycles. The molecule has 0 bridgehead atoms. The topological polar surface area (TPSA) is 23.5 Å². The van der Waals surface area contributed by atoms with Crippen molar-refractivity contribution in [2.75, 3.05) is 13.6 Å². The van der Waals surface area contributed by atoms with Gasteiger partial charge in [-0.05, 0) is 27.8 Å². The van der Waals surface area contributed by atoms with E-state index < -0.39 is 5.60 Å². The molecular formula is C9H17NO. The van der Waals surface area contributed by atoms with Gasteiger partial charge < -0.3 is 5.11 Å². The van der Waals surface area contributed by atoms with Crippen molar-refractivity contribution in [1.29, 1.82) is 0 Å². The molecule has 2 heteroatoms. The SMILES string of the molecule is C#CCN(C)C(C)C(C)(C)O. The maximum absolute atomic E-state index is 9.57. The first-order valence-electron chi connectivity index (χ1n) is 3.75. The normalized spacial score (nSPS) is 14.6. The van der Waals surface area contributed by atoms with E-state index in [1.54, 1.807) is 13.8 Å². The van der Waals surface area contributed by atoms with Crippen LogP contribution in [0.25, 0.3) is 0 Å². The Labute approximate surface area is 69.2 Å². The molecule has 0 amide bonds. The van der Waals surface area contributed by atoms with E-state index >= 15 is 0 Å². The molecule has 0 rings (SSSR count). The Morgan fingerprint density at radius 1 is 1.64 bits per heavy atom. The summed E-state index contributed by atoms with van der Waals surface area (Å²) >= 11 is 0. The lowest BCUT2D eigenvalue weighted by Gasteiger charge is -2.32. The average molecular weight is 155 g/mol. The highest BCUT2D eigenvalue weighted by Crippen LogP contribution is 2.12. The maximum Gasteiger partial charge on any atom is 0.0743 e. The van der Waals surface area contributed by atoms with E-state index in [9.17, 15) is 5.11 Å². The molecule has 1 unspecified atom stereocenters. The summed E-state index contributed by atoms with van der Waals surface area (Å²) in [5, 5.41) is 9.57. The van der Waals surface area contributed by atoms with Crippen molar-refractivity contribution in [1.82, 2.24) is 4.90 Å². The van der Waals surface area contributed by atoms with Gasteiger partial charge in [0.05, 0.1) is 12.1 Å². The summed E-state index contributed by atoms with van der Waals surface area (Å²) in [7, 11) is 1.91. The molecule has 2 nitrogen and oxygen atoms in total. The fourth-order valence-corrected chi connectivity index (χ4v) is 0.820. The van der Waals surface area contributed by atoms with Crippen LogP contribution in [0.3, 0.4) is 0 Å². The molecule has 64 valence electrons. The van der Waals surface area contributed by atoms with Crippen molar-refractivity contribution >= 4 is 0 Å². The van der Waals surface area contributed by atoms with E-state index in [4.69, 9.17) is 6.42 Å². The molecule has 0 heterocycles. The molecule has 0 radical (unpaired) electrons. The highest BCUT2D eigenvalue weighted by atomic mass is 16.3. The molecule has 0 aliphatic heterocycles. The molecule has 11 heavy (non-hydrogen) atoms. The summed E-state index contributed by atoms with van der Waals surface area (Å²) in [5.41, 5.74) is -0.689. The predicted octanol–water partition coefficient (Wildman–Crippen LogP) is 0.711. The lowest BCUT2D eigenvalue weighted by molar-refractivity contribution is 0.00230. The van der Waals surface area contributed by atoms with Gasteiger partial charge in [-0.1, -0.05) is 5.92 Å². The fraction of sp³-hybridized carbons (Fsp3) is 0.778. The minimum Gasteiger partial charge on any atom is -0.389 e. The van der Waals surface area contributed by atoms with Crippen LogP contribution >= 0.6 is 0 Å². The van der Waals surface area contributed by atoms with Gasteiger partial charge in [0.25, 0.3) is 0 Å². The second-order valence-electron chi connectivity index (χ2n) is 3.45. The summed E-state index contributed by atoms with van der Waals surface area (Å²) in [6, 6.07) is 0.0820. The molecule has 0 spiro atoms. The van der Waals surface area contributed by atoms with E-state index in [1.165, 1.54) is 0 Å². The van der Waals surface area contributed by atoms with Crippen LogP contribution in [0.1, 0.15) is 20.8 Å². The molecule has 0 aromatic carbocycles. The lowest BCUT2D eigenvalue weighted by Crippen LogP contribution is -2.45. The molecule has 0 saturated heterocycles. The number of likely N-dealkylation sites (N-methyl/N-ethyl adjacent to an activating group) is 1. The van der Waals surface area contributed by atoms with E-state index in [1.807, 2.05) is 18.9 Å². The largest absolute Gasteiger partial charge is 0.389 e. The Hall–Kier alpha value is -0.520. The van der Waals surface area contributed by atoms with Gasteiger partial charge in [0.15, 0.2) is 0 Å². The van der Waals surface area contributed by atoms with Crippen molar-refractivity contribution in [3.05, 3.63) is 0 Å². The number of hydrogen-bond acceptors (Lipinski definition) is 2. The maximum atomic E-state index is 9.57. The molecule has 1 N–H and O–H groups in total. The average Bonchev–Trinajstić information content (AvgIpc) is 1.85. The zero-order valence-corrected chi connectivity index (χ0v) is 7.76. The van der Waals surface area contributed by atoms with Crippen LogP contribution in [0.2, 0.25) is 0 Å². The van der Waals surface area contributed by atoms with Crippen LogP contribution in [-0.4, -0.2) is 35.2 Å². The Balaban J connectivity index is 4.04. The van der Waals surface area contributed by atoms with Gasteiger partial charge in [0.1, 0.15) is 0 Å². The minimum atomic E-state index is -0.689. The third kappa shape index (κ3) is 3.41. The van der Waals surface area contributed by atoms with Gasteiger partial charge in [0.2, 0.25) is 0 Å². The molecule has 0 aliphatic carbocycles. The summed E-state index contributed by atoms with van der Waals surface area (Å²) in [6.45, 7) is 6.10. The molecule has 0 aliphatic rings. The van der Waals surface area contributed by atoms with Gasteiger partial charge in [-0.25, -0.2) is 0 Å². The third-order valence-electron chi connectivity index (χ3n) is 2.02. The van der Waals surface area contributed by atoms with Crippen molar-refractivity contribution in [2.45, 2.75) is 32.4 Å². The molecule has 1 atom stereocenters. The Morgan fingerprint density at radius 3 is 2.36 bits per heavy atom. The van der Waals surface area contributed by atoms with Crippen molar-refractivity contribution in [3.8, 4) is 12.3 Å². The summed E-state index contributed by atoms with van der Waals surface area (Å²) in [4.78, 5) is 1.94. The van der Waals surface area contributed by atoms with Crippen LogP contribution < -0.4 is 0 Å². The number of aliphatic hydroxyl groups is 1. The van der Waals surface area contributed by atoms with Crippen LogP contribution in [0.4, 0.5) is 0 Å². The Morgan fingerprint density at radius 2 is 2.09 bits per heavy atom. The van der Waals surface area contributed by atoms with E-state index in [0.717, 1.165) is 0 Å². The molecule has 0 fully saturated rings. The van der Waals surface area contributed by atoms with Gasteiger partial charge >= 0.3 is 0 Å². The Bertz CT molecular complexity index is 152. The first-order chi connectivity index (χ1) is 4.89. The van der Waals surface area contributed by atoms with E-state index in [2.05, 4.69) is 5.92 Å². The predicted molar refractivity (Wildman–Crippen MR) is 47.2 cm³/mol. The Kier molecular flexibility index (Phi) is 3.57. The zero-order chi connectivity index (χ0) is 9.07.